The summed E-state index contributed by atoms with van der Waals surface area (Å²) in [5.41, 5.74) is -0.444. The minimum atomic E-state index is -4.51. The highest BCUT2D eigenvalue weighted by Gasteiger charge is 2.34. The van der Waals surface area contributed by atoms with Gasteiger partial charge in [-0.3, -0.25) is 0 Å². The summed E-state index contributed by atoms with van der Waals surface area (Å²) >= 11 is 2.36. The number of thioether (sulfide) groups is 1. The lowest BCUT2D eigenvalue weighted by Crippen LogP contribution is -2.35. The third-order valence-corrected chi connectivity index (χ3v) is 6.79. The molecule has 1 saturated heterocycles. The van der Waals surface area contributed by atoms with E-state index >= 15 is 0 Å². The summed E-state index contributed by atoms with van der Waals surface area (Å²) in [4.78, 5) is 16.3. The monoisotopic (exact) mass is 438 g/mol. The summed E-state index contributed by atoms with van der Waals surface area (Å²) in [7, 11) is 2.27. The number of fused-ring (bicyclic) bond motifs is 1. The molecule has 1 fully saturated rings. The molecule has 29 heavy (non-hydrogen) atoms. The average Bonchev–Trinajstić information content (AvgIpc) is 3.07. The number of alkyl halides is 3. The number of piperidine rings is 1. The zero-order chi connectivity index (χ0) is 21.2. The van der Waals surface area contributed by atoms with Crippen molar-refractivity contribution in [2.45, 2.75) is 43.2 Å². The van der Waals surface area contributed by atoms with Crippen LogP contribution in [0.1, 0.15) is 26.7 Å². The van der Waals surface area contributed by atoms with Crippen molar-refractivity contribution in [3.63, 3.8) is 0 Å². The fourth-order valence-corrected chi connectivity index (χ4v) is 4.57. The summed E-state index contributed by atoms with van der Waals surface area (Å²) in [6.07, 6.45) is 3.74. The van der Waals surface area contributed by atoms with E-state index in [0.717, 1.165) is 42.8 Å². The van der Waals surface area contributed by atoms with E-state index in [4.69, 9.17) is 0 Å². The molecule has 0 aliphatic carbocycles. The third-order valence-electron chi connectivity index (χ3n) is 4.77. The van der Waals surface area contributed by atoms with Gasteiger partial charge in [0.15, 0.2) is 15.6 Å². The minimum absolute atomic E-state index is 0.0158. The number of halogens is 3. The second-order valence-corrected chi connectivity index (χ2v) is 9.64. The smallest absolute Gasteiger partial charge is 0.348 e. The van der Waals surface area contributed by atoms with Gasteiger partial charge in [0, 0.05) is 18.0 Å². The van der Waals surface area contributed by atoms with Gasteiger partial charge >= 0.3 is 6.18 Å². The van der Waals surface area contributed by atoms with Crippen LogP contribution in [-0.2, 0) is 0 Å². The van der Waals surface area contributed by atoms with Gasteiger partial charge in [0.2, 0.25) is 0 Å². The molecule has 3 heterocycles. The predicted molar refractivity (Wildman–Crippen MR) is 118 cm³/mol. The number of allylic oxidation sites excluding steroid dienone is 4. The summed E-state index contributed by atoms with van der Waals surface area (Å²) in [6.45, 7) is 9.05. The summed E-state index contributed by atoms with van der Waals surface area (Å²) in [5, 5.41) is 1.56. The molecule has 0 bridgehead atoms. The van der Waals surface area contributed by atoms with Crippen LogP contribution in [-0.4, -0.2) is 42.1 Å². The van der Waals surface area contributed by atoms with Gasteiger partial charge in [-0.25, -0.2) is 9.97 Å². The van der Waals surface area contributed by atoms with Crippen LogP contribution >= 0.6 is 23.1 Å². The van der Waals surface area contributed by atoms with Gasteiger partial charge in [-0.2, -0.15) is 18.2 Å². The molecule has 1 aliphatic heterocycles. The highest BCUT2D eigenvalue weighted by molar-refractivity contribution is 8.03. The van der Waals surface area contributed by atoms with Crippen molar-refractivity contribution in [3.05, 3.63) is 41.5 Å². The Labute approximate surface area is 177 Å². The Morgan fingerprint density at radius 1 is 1.34 bits per heavy atom. The molecule has 154 valence electrons. The topological polar surface area (TPSA) is 41.9 Å². The minimum Gasteiger partial charge on any atom is -0.348 e. The lowest BCUT2D eigenvalue weighted by atomic mass is 9.64. The zero-order valence-electron chi connectivity index (χ0n) is 16.6. The number of hydrogen-bond donors (Lipinski definition) is 0. The maximum Gasteiger partial charge on any atom is 0.416 e. The number of thiazole rings is 1. The molecule has 0 aromatic carbocycles. The van der Waals surface area contributed by atoms with Gasteiger partial charge < -0.3 is 4.90 Å². The molecule has 10 heteroatoms. The first-order valence-corrected chi connectivity index (χ1v) is 10.9. The van der Waals surface area contributed by atoms with Crippen molar-refractivity contribution >= 4 is 46.6 Å². The molecule has 0 saturated carbocycles. The SMILES string of the molecule is BC1(C)CCN(c2nc3nc(S/C(=C/C=C\C)C(=C)C(F)(F)F)cnc3s2)CC1. The van der Waals surface area contributed by atoms with Crippen LogP contribution in [0.2, 0.25) is 5.31 Å². The van der Waals surface area contributed by atoms with E-state index in [2.05, 4.69) is 41.2 Å². The van der Waals surface area contributed by atoms with Gasteiger partial charge in [0.1, 0.15) is 12.9 Å². The van der Waals surface area contributed by atoms with Crippen molar-refractivity contribution in [1.29, 1.82) is 0 Å². The number of hydrogen-bond acceptors (Lipinski definition) is 6. The molecule has 0 amide bonds. The fraction of sp³-hybridized carbons (Fsp3) is 0.421. The molecule has 2 aromatic heterocycles. The lowest BCUT2D eigenvalue weighted by molar-refractivity contribution is -0.0881. The first kappa shape index (κ1) is 21.9. The Bertz CT molecular complexity index is 956. The molecular weight excluding hydrogens is 416 g/mol. The van der Waals surface area contributed by atoms with Gasteiger partial charge in [-0.15, -0.1) is 0 Å². The molecule has 0 unspecified atom stereocenters. The molecule has 0 radical (unpaired) electrons. The third kappa shape index (κ3) is 5.42. The molecular formula is C19H22BF3N4S2. The van der Waals surface area contributed by atoms with Crippen LogP contribution in [0.15, 0.2) is 46.5 Å². The van der Waals surface area contributed by atoms with Gasteiger partial charge in [-0.05, 0) is 25.8 Å². The first-order valence-electron chi connectivity index (χ1n) is 9.25. The fourth-order valence-electron chi connectivity index (χ4n) is 2.82. The van der Waals surface area contributed by atoms with Crippen molar-refractivity contribution < 1.29 is 13.2 Å². The Morgan fingerprint density at radius 2 is 2.03 bits per heavy atom. The number of nitrogens with zero attached hydrogens (tertiary/aromatic N) is 4. The largest absolute Gasteiger partial charge is 0.416 e. The number of rotatable bonds is 5. The van der Waals surface area contributed by atoms with Gasteiger partial charge in [0.25, 0.3) is 0 Å². The van der Waals surface area contributed by atoms with E-state index in [1.807, 2.05) is 0 Å². The van der Waals surface area contributed by atoms with Crippen molar-refractivity contribution in [2.75, 3.05) is 18.0 Å². The maximum atomic E-state index is 13.1. The van der Waals surface area contributed by atoms with E-state index in [0.29, 0.717) is 20.8 Å². The summed E-state index contributed by atoms with van der Waals surface area (Å²) in [5.74, 6) is 0. The highest BCUT2D eigenvalue weighted by atomic mass is 32.2. The van der Waals surface area contributed by atoms with Crippen LogP contribution in [0.4, 0.5) is 18.3 Å². The Hall–Kier alpha value is -1.81. The van der Waals surface area contributed by atoms with E-state index in [-0.39, 0.29) is 4.91 Å². The highest BCUT2D eigenvalue weighted by Crippen LogP contribution is 2.40. The summed E-state index contributed by atoms with van der Waals surface area (Å²) < 4.78 is 39.3. The zero-order valence-corrected chi connectivity index (χ0v) is 18.2. The molecule has 1 aliphatic rings. The van der Waals surface area contributed by atoms with E-state index < -0.39 is 11.7 Å². The van der Waals surface area contributed by atoms with Crippen LogP contribution in [0.25, 0.3) is 10.5 Å². The van der Waals surface area contributed by atoms with E-state index in [1.54, 1.807) is 19.1 Å². The second-order valence-electron chi connectivity index (χ2n) is 7.62. The van der Waals surface area contributed by atoms with Gasteiger partial charge in [0.05, 0.1) is 11.8 Å². The van der Waals surface area contributed by atoms with Crippen LogP contribution in [0, 0.1) is 0 Å². The average molecular weight is 438 g/mol. The van der Waals surface area contributed by atoms with E-state index in [1.165, 1.54) is 23.6 Å². The molecule has 0 N–H and O–H groups in total. The normalized spacial score (nSPS) is 18.0. The number of anilines is 1. The lowest BCUT2D eigenvalue weighted by Gasteiger charge is -2.36. The molecule has 3 rings (SSSR count). The number of aromatic nitrogens is 3. The molecule has 0 atom stereocenters. The second kappa shape index (κ2) is 8.51. The Balaban J connectivity index is 1.83. The van der Waals surface area contributed by atoms with Crippen molar-refractivity contribution in [2.24, 2.45) is 0 Å². The van der Waals surface area contributed by atoms with Gasteiger partial charge in [-0.1, -0.05) is 54.1 Å². The maximum absolute atomic E-state index is 13.1. The molecule has 4 nitrogen and oxygen atoms in total. The quantitative estimate of drug-likeness (QED) is 0.366. The molecule has 2 aromatic rings. The van der Waals surface area contributed by atoms with E-state index in [9.17, 15) is 13.2 Å². The molecule has 0 spiro atoms. The standard InChI is InChI=1S/C19H22BF3N4S2/c1-4-5-6-13(12(2)19(21,22)23)28-14-11-24-16-15(25-14)26-17(29-16)27-9-7-18(3,20)8-10-27/h4-6,11H,2,7-10,20H2,1,3H3/b5-4-,13-6+. The Kier molecular flexibility index (Phi) is 6.43. The first-order chi connectivity index (χ1) is 13.6. The van der Waals surface area contributed by atoms with Crippen LogP contribution in [0.3, 0.4) is 0 Å². The van der Waals surface area contributed by atoms with Crippen LogP contribution < -0.4 is 4.90 Å². The van der Waals surface area contributed by atoms with Crippen LogP contribution in [0.5, 0.6) is 0 Å². The predicted octanol–water partition coefficient (Wildman–Crippen LogP) is 5.17. The summed E-state index contributed by atoms with van der Waals surface area (Å²) in [6, 6.07) is 0. The Morgan fingerprint density at radius 3 is 2.66 bits per heavy atom. The van der Waals surface area contributed by atoms with Crippen molar-refractivity contribution in [1.82, 2.24) is 15.0 Å². The van der Waals surface area contributed by atoms with Crippen molar-refractivity contribution in [3.8, 4) is 0 Å².